The standard InChI is InChI=1S/C25H34N4O3/c1-3-26-25(29-17-24(30)27-13-11-20-7-5-4-6-8-20)28-16-21-10-9-19(2)15-23(21)32-22-12-14-31-18-22/h4-10,15,22H,3,11-14,16-18H2,1-2H3,(H,27,30)(H2,26,28,29). The number of nitrogens with one attached hydrogen (secondary N) is 3. The second-order valence-corrected chi connectivity index (χ2v) is 7.85. The normalized spacial score (nSPS) is 15.9. The Morgan fingerprint density at radius 1 is 1.16 bits per heavy atom. The number of ether oxygens (including phenoxy) is 2. The average Bonchev–Trinajstić information content (AvgIpc) is 3.30. The van der Waals surface area contributed by atoms with Crippen LogP contribution in [0.25, 0.3) is 0 Å². The molecule has 32 heavy (non-hydrogen) atoms. The zero-order valence-electron chi connectivity index (χ0n) is 19.0. The first-order valence-electron chi connectivity index (χ1n) is 11.3. The highest BCUT2D eigenvalue weighted by Crippen LogP contribution is 2.24. The molecule has 1 fully saturated rings. The summed E-state index contributed by atoms with van der Waals surface area (Å²) in [5.74, 6) is 1.38. The van der Waals surface area contributed by atoms with Crippen LogP contribution in [-0.4, -0.2) is 50.8 Å². The van der Waals surface area contributed by atoms with Gasteiger partial charge in [-0.1, -0.05) is 42.5 Å². The Morgan fingerprint density at radius 2 is 2.00 bits per heavy atom. The lowest BCUT2D eigenvalue weighted by Crippen LogP contribution is -2.43. The van der Waals surface area contributed by atoms with Crippen molar-refractivity contribution < 1.29 is 14.3 Å². The molecule has 1 amide bonds. The first-order valence-corrected chi connectivity index (χ1v) is 11.3. The van der Waals surface area contributed by atoms with E-state index in [0.717, 1.165) is 36.3 Å². The molecular weight excluding hydrogens is 404 g/mol. The van der Waals surface area contributed by atoms with Gasteiger partial charge in [0.1, 0.15) is 11.9 Å². The van der Waals surface area contributed by atoms with Crippen LogP contribution in [-0.2, 0) is 22.5 Å². The fourth-order valence-corrected chi connectivity index (χ4v) is 3.41. The highest BCUT2D eigenvalue weighted by Gasteiger charge is 2.18. The number of aliphatic imine (C=N–C) groups is 1. The van der Waals surface area contributed by atoms with Crippen molar-refractivity contribution in [3.05, 3.63) is 65.2 Å². The smallest absolute Gasteiger partial charge is 0.239 e. The van der Waals surface area contributed by atoms with Crippen molar-refractivity contribution in [1.29, 1.82) is 0 Å². The molecule has 0 aliphatic carbocycles. The Hall–Kier alpha value is -3.06. The summed E-state index contributed by atoms with van der Waals surface area (Å²) in [6.45, 7) is 7.34. The van der Waals surface area contributed by atoms with E-state index >= 15 is 0 Å². The first kappa shape index (κ1) is 23.6. The molecule has 0 radical (unpaired) electrons. The fraction of sp³-hybridized carbons (Fsp3) is 0.440. The molecule has 1 heterocycles. The third kappa shape index (κ3) is 7.89. The van der Waals surface area contributed by atoms with Crippen LogP contribution in [0.5, 0.6) is 5.75 Å². The van der Waals surface area contributed by atoms with E-state index in [1.165, 1.54) is 5.56 Å². The highest BCUT2D eigenvalue weighted by atomic mass is 16.5. The van der Waals surface area contributed by atoms with Gasteiger partial charge in [0.15, 0.2) is 5.96 Å². The van der Waals surface area contributed by atoms with Crippen molar-refractivity contribution in [3.63, 3.8) is 0 Å². The third-order valence-corrected chi connectivity index (χ3v) is 5.15. The van der Waals surface area contributed by atoms with Gasteiger partial charge in [0.2, 0.25) is 5.91 Å². The van der Waals surface area contributed by atoms with E-state index in [0.29, 0.717) is 32.2 Å². The molecule has 2 aromatic carbocycles. The van der Waals surface area contributed by atoms with Crippen LogP contribution in [0.1, 0.15) is 30.0 Å². The molecule has 1 atom stereocenters. The summed E-state index contributed by atoms with van der Waals surface area (Å²) < 4.78 is 11.6. The van der Waals surface area contributed by atoms with Crippen molar-refractivity contribution in [2.24, 2.45) is 4.99 Å². The van der Waals surface area contributed by atoms with E-state index in [1.807, 2.05) is 44.2 Å². The van der Waals surface area contributed by atoms with Gasteiger partial charge >= 0.3 is 0 Å². The summed E-state index contributed by atoms with van der Waals surface area (Å²) >= 11 is 0. The molecule has 7 nitrogen and oxygen atoms in total. The van der Waals surface area contributed by atoms with Crippen molar-refractivity contribution in [2.75, 3.05) is 32.8 Å². The van der Waals surface area contributed by atoms with Gasteiger partial charge in [-0.2, -0.15) is 0 Å². The lowest BCUT2D eigenvalue weighted by molar-refractivity contribution is -0.119. The molecule has 3 N–H and O–H groups in total. The maximum Gasteiger partial charge on any atom is 0.239 e. The van der Waals surface area contributed by atoms with Crippen LogP contribution in [0.3, 0.4) is 0 Å². The Bertz CT molecular complexity index is 880. The van der Waals surface area contributed by atoms with Gasteiger partial charge in [0.25, 0.3) is 0 Å². The van der Waals surface area contributed by atoms with Gasteiger partial charge in [0.05, 0.1) is 26.3 Å². The molecular formula is C25H34N4O3. The number of aryl methyl sites for hydroxylation is 1. The van der Waals surface area contributed by atoms with E-state index < -0.39 is 0 Å². The number of hydrogen-bond donors (Lipinski definition) is 3. The second kappa shape index (κ2) is 12.7. The zero-order valence-corrected chi connectivity index (χ0v) is 19.0. The molecule has 172 valence electrons. The number of carbonyl (C=O) groups is 1. The number of nitrogens with zero attached hydrogens (tertiary/aromatic N) is 1. The Labute approximate surface area is 190 Å². The first-order chi connectivity index (χ1) is 15.6. The fourth-order valence-electron chi connectivity index (χ4n) is 3.41. The lowest BCUT2D eigenvalue weighted by Gasteiger charge is -2.16. The van der Waals surface area contributed by atoms with Crippen LogP contribution in [0, 0.1) is 6.92 Å². The molecule has 0 spiro atoms. The van der Waals surface area contributed by atoms with Gasteiger partial charge in [-0.15, -0.1) is 0 Å². The maximum atomic E-state index is 12.2. The number of rotatable bonds is 10. The summed E-state index contributed by atoms with van der Waals surface area (Å²) in [5.41, 5.74) is 3.35. The monoisotopic (exact) mass is 438 g/mol. The quantitative estimate of drug-likeness (QED) is 0.392. The molecule has 0 saturated carbocycles. The molecule has 2 aromatic rings. The SMILES string of the molecule is CCNC(=NCc1ccc(C)cc1OC1CCOC1)NCC(=O)NCCc1ccccc1. The largest absolute Gasteiger partial charge is 0.488 e. The second-order valence-electron chi connectivity index (χ2n) is 7.85. The topological polar surface area (TPSA) is 84.0 Å². The van der Waals surface area contributed by atoms with Gasteiger partial charge in [-0.05, 0) is 37.5 Å². The van der Waals surface area contributed by atoms with Crippen molar-refractivity contribution in [1.82, 2.24) is 16.0 Å². The molecule has 1 unspecified atom stereocenters. The van der Waals surface area contributed by atoms with Crippen molar-refractivity contribution >= 4 is 11.9 Å². The predicted molar refractivity (Wildman–Crippen MR) is 127 cm³/mol. The van der Waals surface area contributed by atoms with Crippen LogP contribution in [0.2, 0.25) is 0 Å². The summed E-state index contributed by atoms with van der Waals surface area (Å²) in [5, 5.41) is 9.24. The van der Waals surface area contributed by atoms with E-state index in [-0.39, 0.29) is 18.6 Å². The number of guanidine groups is 1. The van der Waals surface area contributed by atoms with Gasteiger partial charge in [-0.3, -0.25) is 4.79 Å². The van der Waals surface area contributed by atoms with Crippen LogP contribution >= 0.6 is 0 Å². The number of carbonyl (C=O) groups excluding carboxylic acids is 1. The summed E-state index contributed by atoms with van der Waals surface area (Å²) in [4.78, 5) is 16.9. The Balaban J connectivity index is 1.51. The maximum absolute atomic E-state index is 12.2. The summed E-state index contributed by atoms with van der Waals surface area (Å²) in [7, 11) is 0. The zero-order chi connectivity index (χ0) is 22.6. The van der Waals surface area contributed by atoms with Crippen molar-refractivity contribution in [3.8, 4) is 5.75 Å². The average molecular weight is 439 g/mol. The van der Waals surface area contributed by atoms with E-state index in [1.54, 1.807) is 0 Å². The molecule has 0 aromatic heterocycles. The van der Waals surface area contributed by atoms with Crippen LogP contribution in [0.4, 0.5) is 0 Å². The van der Waals surface area contributed by atoms with Crippen LogP contribution < -0.4 is 20.7 Å². The van der Waals surface area contributed by atoms with E-state index in [4.69, 9.17) is 9.47 Å². The minimum Gasteiger partial charge on any atom is -0.488 e. The third-order valence-electron chi connectivity index (χ3n) is 5.15. The number of amides is 1. The summed E-state index contributed by atoms with van der Waals surface area (Å²) in [6, 6.07) is 16.3. The van der Waals surface area contributed by atoms with Gasteiger partial charge in [0, 0.05) is 25.1 Å². The number of hydrogen-bond acceptors (Lipinski definition) is 4. The molecule has 1 aliphatic heterocycles. The van der Waals surface area contributed by atoms with Gasteiger partial charge < -0.3 is 25.4 Å². The lowest BCUT2D eigenvalue weighted by atomic mass is 10.1. The minimum absolute atomic E-state index is 0.0628. The summed E-state index contributed by atoms with van der Waals surface area (Å²) in [6.07, 6.45) is 1.80. The number of benzene rings is 2. The molecule has 1 aliphatic rings. The minimum atomic E-state index is -0.0628. The molecule has 0 bridgehead atoms. The van der Waals surface area contributed by atoms with Crippen molar-refractivity contribution in [2.45, 2.75) is 39.3 Å². The molecule has 3 rings (SSSR count). The van der Waals surface area contributed by atoms with Gasteiger partial charge in [-0.25, -0.2) is 4.99 Å². The molecule has 1 saturated heterocycles. The van der Waals surface area contributed by atoms with E-state index in [2.05, 4.69) is 39.1 Å². The predicted octanol–water partition coefficient (Wildman–Crippen LogP) is 2.58. The Kier molecular flexibility index (Phi) is 9.37. The highest BCUT2D eigenvalue weighted by molar-refractivity contribution is 5.86. The van der Waals surface area contributed by atoms with E-state index in [9.17, 15) is 4.79 Å². The Morgan fingerprint density at radius 3 is 2.75 bits per heavy atom. The van der Waals surface area contributed by atoms with Crippen LogP contribution in [0.15, 0.2) is 53.5 Å². The molecule has 7 heteroatoms.